The van der Waals surface area contributed by atoms with Crippen LogP contribution in [-0.2, 0) is 6.42 Å². The van der Waals surface area contributed by atoms with Gasteiger partial charge < -0.3 is 0 Å². The fourth-order valence-corrected chi connectivity index (χ4v) is 5.67. The third kappa shape index (κ3) is 6.94. The highest BCUT2D eigenvalue weighted by atomic mass is 19.2. The van der Waals surface area contributed by atoms with Crippen molar-refractivity contribution in [2.45, 2.75) is 84.0 Å². The summed E-state index contributed by atoms with van der Waals surface area (Å²) in [6.45, 7) is 4.36. The second-order valence-corrected chi connectivity index (χ2v) is 10.6. The monoisotopic (exact) mass is 504 g/mol. The fourth-order valence-electron chi connectivity index (χ4n) is 5.67. The number of rotatable bonds is 10. The largest absolute Gasteiger partial charge is 0.206 e. The highest BCUT2D eigenvalue weighted by Crippen LogP contribution is 2.40. The summed E-state index contributed by atoms with van der Waals surface area (Å²) in [4.78, 5) is 0. The van der Waals surface area contributed by atoms with Gasteiger partial charge in [0.1, 0.15) is 5.82 Å². The highest BCUT2D eigenvalue weighted by molar-refractivity contribution is 5.72. The van der Waals surface area contributed by atoms with Crippen molar-refractivity contribution < 1.29 is 13.2 Å². The Morgan fingerprint density at radius 3 is 2.19 bits per heavy atom. The van der Waals surface area contributed by atoms with E-state index in [0.717, 1.165) is 68.4 Å². The van der Waals surface area contributed by atoms with Crippen molar-refractivity contribution >= 4 is 12.2 Å². The zero-order valence-corrected chi connectivity index (χ0v) is 22.2. The lowest BCUT2D eigenvalue weighted by Crippen LogP contribution is -2.14. The van der Waals surface area contributed by atoms with Gasteiger partial charge in [-0.15, -0.1) is 0 Å². The molecule has 0 heterocycles. The first-order valence-corrected chi connectivity index (χ1v) is 14.0. The molecule has 37 heavy (non-hydrogen) atoms. The van der Waals surface area contributed by atoms with Crippen molar-refractivity contribution in [3.05, 3.63) is 94.3 Å². The number of aryl methyl sites for hydroxylation is 1. The first-order valence-electron chi connectivity index (χ1n) is 14.0. The zero-order chi connectivity index (χ0) is 26.2. The van der Waals surface area contributed by atoms with Gasteiger partial charge in [-0.05, 0) is 78.7 Å². The third-order valence-electron chi connectivity index (χ3n) is 7.91. The molecule has 0 bridgehead atoms. The maximum absolute atomic E-state index is 15.1. The van der Waals surface area contributed by atoms with Crippen molar-refractivity contribution in [1.82, 2.24) is 0 Å². The van der Waals surface area contributed by atoms with E-state index in [0.29, 0.717) is 16.7 Å². The minimum Gasteiger partial charge on any atom is -0.206 e. The van der Waals surface area contributed by atoms with E-state index in [4.69, 9.17) is 0 Å². The van der Waals surface area contributed by atoms with Gasteiger partial charge in [-0.25, -0.2) is 13.2 Å². The summed E-state index contributed by atoms with van der Waals surface area (Å²) in [7, 11) is 0. The Bertz CT molecular complexity index is 1180. The number of unbranched alkanes of at least 4 members (excludes halogenated alkanes) is 2. The average molecular weight is 505 g/mol. The molecule has 0 unspecified atom stereocenters. The summed E-state index contributed by atoms with van der Waals surface area (Å²) in [5.74, 6) is -0.854. The van der Waals surface area contributed by atoms with E-state index in [2.05, 4.69) is 13.8 Å². The molecule has 196 valence electrons. The van der Waals surface area contributed by atoms with E-state index in [1.165, 1.54) is 12.8 Å². The SMILES string of the molecule is CCCCCc1ccc(/C=C/c2ccc(-c3ccc(C4CCC(CCC)CC4)c(F)c3F)cc2)c(F)c1. The Morgan fingerprint density at radius 1 is 0.757 bits per heavy atom. The molecular formula is C34H39F3. The van der Waals surface area contributed by atoms with Crippen LogP contribution < -0.4 is 0 Å². The van der Waals surface area contributed by atoms with Gasteiger partial charge >= 0.3 is 0 Å². The molecule has 0 radical (unpaired) electrons. The Balaban J connectivity index is 1.43. The van der Waals surface area contributed by atoms with Crippen LogP contribution in [0.25, 0.3) is 23.3 Å². The van der Waals surface area contributed by atoms with E-state index >= 15 is 8.78 Å². The Kier molecular flexibility index (Phi) is 9.66. The fraction of sp³-hybridized carbons (Fsp3) is 0.412. The molecule has 0 aromatic heterocycles. The van der Waals surface area contributed by atoms with Crippen LogP contribution in [0, 0.1) is 23.4 Å². The van der Waals surface area contributed by atoms with Gasteiger partial charge in [0, 0.05) is 11.1 Å². The van der Waals surface area contributed by atoms with Gasteiger partial charge in [0.2, 0.25) is 0 Å². The lowest BCUT2D eigenvalue weighted by Gasteiger charge is -2.29. The van der Waals surface area contributed by atoms with E-state index in [-0.39, 0.29) is 17.3 Å². The molecule has 1 aliphatic rings. The maximum Gasteiger partial charge on any atom is 0.166 e. The van der Waals surface area contributed by atoms with Crippen LogP contribution in [0.2, 0.25) is 0 Å². The zero-order valence-electron chi connectivity index (χ0n) is 22.2. The van der Waals surface area contributed by atoms with Crippen molar-refractivity contribution in [3.63, 3.8) is 0 Å². The molecule has 3 aromatic rings. The summed E-state index contributed by atoms with van der Waals surface area (Å²) < 4.78 is 44.7. The summed E-state index contributed by atoms with van der Waals surface area (Å²) in [5.41, 5.74) is 3.87. The van der Waals surface area contributed by atoms with Crippen LogP contribution in [0.3, 0.4) is 0 Å². The second kappa shape index (κ2) is 13.1. The quantitative estimate of drug-likeness (QED) is 0.190. The standard InChI is InChI=1S/C34H39F3/c1-3-5-6-8-26-14-20-29(32(35)23-26)19-13-25-11-17-28(18-12-25)31-22-21-30(33(36)34(31)37)27-15-9-24(7-4-2)10-16-27/h11-14,17-24,27H,3-10,15-16H2,1-2H3/b19-13+. The van der Waals surface area contributed by atoms with Crippen LogP contribution >= 0.6 is 0 Å². The van der Waals surface area contributed by atoms with Gasteiger partial charge in [0.15, 0.2) is 11.6 Å². The van der Waals surface area contributed by atoms with Gasteiger partial charge in [0.25, 0.3) is 0 Å². The Labute approximate surface area is 220 Å². The Hall–Kier alpha value is -2.81. The maximum atomic E-state index is 15.1. The summed E-state index contributed by atoms with van der Waals surface area (Å²) in [6.07, 6.45) is 14.4. The molecule has 3 heteroatoms. The summed E-state index contributed by atoms with van der Waals surface area (Å²) in [6, 6.07) is 16.2. The van der Waals surface area contributed by atoms with Crippen molar-refractivity contribution in [1.29, 1.82) is 0 Å². The molecule has 0 amide bonds. The highest BCUT2D eigenvalue weighted by Gasteiger charge is 2.26. The summed E-state index contributed by atoms with van der Waals surface area (Å²) >= 11 is 0. The van der Waals surface area contributed by atoms with Crippen LogP contribution in [0.1, 0.15) is 99.8 Å². The number of hydrogen-bond acceptors (Lipinski definition) is 0. The average Bonchev–Trinajstić information content (AvgIpc) is 2.91. The number of hydrogen-bond donors (Lipinski definition) is 0. The lowest BCUT2D eigenvalue weighted by molar-refractivity contribution is 0.303. The van der Waals surface area contributed by atoms with Crippen LogP contribution in [0.4, 0.5) is 13.2 Å². The molecule has 3 aromatic carbocycles. The van der Waals surface area contributed by atoms with E-state index in [1.807, 2.05) is 30.3 Å². The summed E-state index contributed by atoms with van der Waals surface area (Å²) in [5, 5.41) is 0. The molecule has 0 nitrogen and oxygen atoms in total. The molecular weight excluding hydrogens is 465 g/mol. The molecule has 0 saturated heterocycles. The minimum absolute atomic E-state index is 0.106. The minimum atomic E-state index is -0.766. The molecule has 1 aliphatic carbocycles. The van der Waals surface area contributed by atoms with Gasteiger partial charge in [-0.1, -0.05) is 100 Å². The Morgan fingerprint density at radius 2 is 1.51 bits per heavy atom. The number of halogens is 3. The molecule has 0 atom stereocenters. The molecule has 0 N–H and O–H groups in total. The topological polar surface area (TPSA) is 0 Å². The van der Waals surface area contributed by atoms with E-state index in [1.54, 1.807) is 36.4 Å². The molecule has 0 aliphatic heterocycles. The van der Waals surface area contributed by atoms with Gasteiger partial charge in [-0.2, -0.15) is 0 Å². The molecule has 0 spiro atoms. The van der Waals surface area contributed by atoms with Crippen molar-refractivity contribution in [3.8, 4) is 11.1 Å². The first kappa shape index (κ1) is 27.2. The third-order valence-corrected chi connectivity index (χ3v) is 7.91. The lowest BCUT2D eigenvalue weighted by atomic mass is 9.77. The smallest absolute Gasteiger partial charge is 0.166 e. The van der Waals surface area contributed by atoms with E-state index in [9.17, 15) is 4.39 Å². The predicted octanol–water partition coefficient (Wildman–Crippen LogP) is 10.7. The van der Waals surface area contributed by atoms with Crippen molar-refractivity contribution in [2.24, 2.45) is 5.92 Å². The van der Waals surface area contributed by atoms with Crippen LogP contribution in [-0.4, -0.2) is 0 Å². The van der Waals surface area contributed by atoms with Gasteiger partial charge in [-0.3, -0.25) is 0 Å². The first-order chi connectivity index (χ1) is 18.0. The number of benzene rings is 3. The molecule has 1 fully saturated rings. The van der Waals surface area contributed by atoms with E-state index < -0.39 is 11.6 Å². The van der Waals surface area contributed by atoms with Crippen molar-refractivity contribution in [2.75, 3.05) is 0 Å². The normalized spacial score (nSPS) is 18.0. The second-order valence-electron chi connectivity index (χ2n) is 10.6. The predicted molar refractivity (Wildman–Crippen MR) is 150 cm³/mol. The van der Waals surface area contributed by atoms with Crippen LogP contribution in [0.5, 0.6) is 0 Å². The van der Waals surface area contributed by atoms with Crippen LogP contribution in [0.15, 0.2) is 54.6 Å². The molecule has 1 saturated carbocycles. The molecule has 4 rings (SSSR count). The van der Waals surface area contributed by atoms with Gasteiger partial charge in [0.05, 0.1) is 0 Å².